The number of benzene rings is 1. The summed E-state index contributed by atoms with van der Waals surface area (Å²) in [6.45, 7) is 4.11. The molecule has 0 saturated carbocycles. The lowest BCUT2D eigenvalue weighted by Crippen LogP contribution is -2.30. The molecule has 1 fully saturated rings. The maximum absolute atomic E-state index is 12.5. The number of aliphatic hydroxyl groups excluding tert-OH is 1. The molecule has 1 aromatic rings. The van der Waals surface area contributed by atoms with E-state index in [9.17, 15) is 18.0 Å². The Bertz CT molecular complexity index is 743. The third kappa shape index (κ3) is 4.22. The SMILES string of the molecule is CCN(CC)S(=O)(=O)c1ccc(N2CC(C(=O)OCCO)CC2=O)cc1. The lowest BCUT2D eigenvalue weighted by atomic mass is 10.1. The lowest BCUT2D eigenvalue weighted by Gasteiger charge is -2.20. The van der Waals surface area contributed by atoms with Gasteiger partial charge in [-0.1, -0.05) is 13.8 Å². The second kappa shape index (κ2) is 8.61. The van der Waals surface area contributed by atoms with Crippen molar-refractivity contribution in [2.24, 2.45) is 5.92 Å². The number of anilines is 1. The Morgan fingerprint density at radius 1 is 1.27 bits per heavy atom. The highest BCUT2D eigenvalue weighted by molar-refractivity contribution is 7.89. The first-order chi connectivity index (χ1) is 12.3. The topological polar surface area (TPSA) is 104 Å². The molecular weight excluding hydrogens is 360 g/mol. The molecule has 0 radical (unpaired) electrons. The normalized spacial score (nSPS) is 17.8. The molecule has 0 aliphatic carbocycles. The number of hydrogen-bond donors (Lipinski definition) is 1. The Balaban J connectivity index is 2.13. The Hall–Kier alpha value is -1.97. The molecule has 144 valence electrons. The van der Waals surface area contributed by atoms with E-state index in [2.05, 4.69) is 0 Å². The third-order valence-electron chi connectivity index (χ3n) is 4.29. The Kier molecular flexibility index (Phi) is 6.74. The molecule has 1 saturated heterocycles. The molecule has 1 aromatic carbocycles. The van der Waals surface area contributed by atoms with E-state index in [-0.39, 0.29) is 37.0 Å². The van der Waals surface area contributed by atoms with Gasteiger partial charge in [0.05, 0.1) is 17.4 Å². The van der Waals surface area contributed by atoms with Crippen LogP contribution in [-0.2, 0) is 24.3 Å². The molecule has 0 aromatic heterocycles. The highest BCUT2D eigenvalue weighted by atomic mass is 32.2. The smallest absolute Gasteiger partial charge is 0.311 e. The van der Waals surface area contributed by atoms with Gasteiger partial charge in [0, 0.05) is 31.7 Å². The van der Waals surface area contributed by atoms with Crippen molar-refractivity contribution in [3.8, 4) is 0 Å². The van der Waals surface area contributed by atoms with Crippen LogP contribution < -0.4 is 4.90 Å². The van der Waals surface area contributed by atoms with Crippen LogP contribution >= 0.6 is 0 Å². The molecule has 1 unspecified atom stereocenters. The summed E-state index contributed by atoms with van der Waals surface area (Å²) in [4.78, 5) is 25.7. The van der Waals surface area contributed by atoms with E-state index in [4.69, 9.17) is 9.84 Å². The van der Waals surface area contributed by atoms with E-state index in [0.29, 0.717) is 18.8 Å². The predicted octanol–water partition coefficient (Wildman–Crippen LogP) is 0.606. The quantitative estimate of drug-likeness (QED) is 0.659. The molecule has 1 N–H and O–H groups in total. The van der Waals surface area contributed by atoms with Gasteiger partial charge in [-0.15, -0.1) is 0 Å². The Morgan fingerprint density at radius 2 is 1.88 bits per heavy atom. The average molecular weight is 384 g/mol. The Labute approximate surface area is 153 Å². The van der Waals surface area contributed by atoms with Gasteiger partial charge in [-0.05, 0) is 24.3 Å². The number of sulfonamides is 1. The van der Waals surface area contributed by atoms with Crippen LogP contribution in [-0.4, -0.2) is 62.6 Å². The minimum absolute atomic E-state index is 0.0315. The molecule has 1 aliphatic heterocycles. The maximum Gasteiger partial charge on any atom is 0.311 e. The number of carbonyl (C=O) groups is 2. The van der Waals surface area contributed by atoms with Crippen molar-refractivity contribution >= 4 is 27.6 Å². The summed E-state index contributed by atoms with van der Waals surface area (Å²) in [7, 11) is -3.56. The van der Waals surface area contributed by atoms with Crippen LogP contribution in [0.5, 0.6) is 0 Å². The largest absolute Gasteiger partial charge is 0.463 e. The van der Waals surface area contributed by atoms with Gasteiger partial charge in [-0.25, -0.2) is 8.42 Å². The first-order valence-electron chi connectivity index (χ1n) is 8.53. The zero-order valence-electron chi connectivity index (χ0n) is 14.9. The van der Waals surface area contributed by atoms with Gasteiger partial charge in [0.25, 0.3) is 0 Å². The summed E-state index contributed by atoms with van der Waals surface area (Å²) in [5.74, 6) is -1.33. The van der Waals surface area contributed by atoms with Crippen molar-refractivity contribution < 1.29 is 27.9 Å². The third-order valence-corrected chi connectivity index (χ3v) is 6.35. The molecule has 2 rings (SSSR count). The van der Waals surface area contributed by atoms with Gasteiger partial charge in [0.15, 0.2) is 0 Å². The van der Waals surface area contributed by atoms with E-state index in [0.717, 1.165) is 0 Å². The monoisotopic (exact) mass is 384 g/mol. The van der Waals surface area contributed by atoms with Crippen molar-refractivity contribution in [1.82, 2.24) is 4.31 Å². The fraction of sp³-hybridized carbons (Fsp3) is 0.529. The predicted molar refractivity (Wildman–Crippen MR) is 95.1 cm³/mol. The zero-order valence-corrected chi connectivity index (χ0v) is 15.7. The molecule has 1 atom stereocenters. The van der Waals surface area contributed by atoms with Crippen LogP contribution in [0.4, 0.5) is 5.69 Å². The van der Waals surface area contributed by atoms with Gasteiger partial charge in [0.2, 0.25) is 15.9 Å². The van der Waals surface area contributed by atoms with Crippen molar-refractivity contribution in [2.75, 3.05) is 37.7 Å². The van der Waals surface area contributed by atoms with E-state index in [1.54, 1.807) is 26.0 Å². The van der Waals surface area contributed by atoms with Crippen LogP contribution in [0.3, 0.4) is 0 Å². The highest BCUT2D eigenvalue weighted by Gasteiger charge is 2.36. The van der Waals surface area contributed by atoms with Crippen LogP contribution in [0, 0.1) is 5.92 Å². The second-order valence-electron chi connectivity index (χ2n) is 5.88. The van der Waals surface area contributed by atoms with Crippen molar-refractivity contribution in [3.63, 3.8) is 0 Å². The van der Waals surface area contributed by atoms with Gasteiger partial charge < -0.3 is 14.7 Å². The standard InChI is InChI=1S/C17H24N2O6S/c1-3-18(4-2)26(23,24)15-7-5-14(6-8-15)19-12-13(11-16(19)21)17(22)25-10-9-20/h5-8,13,20H,3-4,9-12H2,1-2H3. The van der Waals surface area contributed by atoms with Gasteiger partial charge >= 0.3 is 5.97 Å². The van der Waals surface area contributed by atoms with E-state index < -0.39 is 21.9 Å². The molecule has 8 nitrogen and oxygen atoms in total. The molecule has 9 heteroatoms. The summed E-state index contributed by atoms with van der Waals surface area (Å²) in [5.41, 5.74) is 0.533. The number of rotatable bonds is 8. The summed E-state index contributed by atoms with van der Waals surface area (Å²) in [6, 6.07) is 6.06. The number of esters is 1. The van der Waals surface area contributed by atoms with E-state index >= 15 is 0 Å². The first-order valence-corrected chi connectivity index (χ1v) is 9.97. The summed E-state index contributed by atoms with van der Waals surface area (Å²) in [5, 5.41) is 8.70. The van der Waals surface area contributed by atoms with E-state index in [1.165, 1.54) is 21.3 Å². The number of ether oxygens (including phenoxy) is 1. The summed E-state index contributed by atoms with van der Waals surface area (Å²) in [6.07, 6.45) is 0.0315. The summed E-state index contributed by atoms with van der Waals surface area (Å²) < 4.78 is 31.2. The minimum Gasteiger partial charge on any atom is -0.463 e. The number of carbonyl (C=O) groups excluding carboxylic acids is 2. The fourth-order valence-corrected chi connectivity index (χ4v) is 4.35. The average Bonchev–Trinajstić information content (AvgIpc) is 3.02. The molecule has 1 aliphatic rings. The van der Waals surface area contributed by atoms with Crippen molar-refractivity contribution in [2.45, 2.75) is 25.2 Å². The highest BCUT2D eigenvalue weighted by Crippen LogP contribution is 2.27. The number of nitrogens with zero attached hydrogens (tertiary/aromatic N) is 2. The van der Waals surface area contributed by atoms with Gasteiger partial charge in [0.1, 0.15) is 6.61 Å². The number of aliphatic hydroxyl groups is 1. The minimum atomic E-state index is -3.56. The zero-order chi connectivity index (χ0) is 19.3. The molecular formula is C17H24N2O6S. The van der Waals surface area contributed by atoms with Crippen LogP contribution in [0.1, 0.15) is 20.3 Å². The summed E-state index contributed by atoms with van der Waals surface area (Å²) >= 11 is 0. The molecule has 0 spiro atoms. The van der Waals surface area contributed by atoms with Gasteiger partial charge in [-0.2, -0.15) is 4.31 Å². The second-order valence-corrected chi connectivity index (χ2v) is 7.82. The molecule has 0 bridgehead atoms. The van der Waals surface area contributed by atoms with Crippen LogP contribution in [0.25, 0.3) is 0 Å². The van der Waals surface area contributed by atoms with Crippen LogP contribution in [0.2, 0.25) is 0 Å². The van der Waals surface area contributed by atoms with E-state index in [1.807, 2.05) is 0 Å². The number of hydrogen-bond acceptors (Lipinski definition) is 6. The number of amides is 1. The van der Waals surface area contributed by atoms with Crippen molar-refractivity contribution in [1.29, 1.82) is 0 Å². The van der Waals surface area contributed by atoms with Crippen LogP contribution in [0.15, 0.2) is 29.2 Å². The van der Waals surface area contributed by atoms with Gasteiger partial charge in [-0.3, -0.25) is 9.59 Å². The molecule has 1 amide bonds. The van der Waals surface area contributed by atoms with Crippen molar-refractivity contribution in [3.05, 3.63) is 24.3 Å². The molecule has 1 heterocycles. The first kappa shape index (κ1) is 20.3. The maximum atomic E-state index is 12.5. The fourth-order valence-electron chi connectivity index (χ4n) is 2.89. The Morgan fingerprint density at radius 3 is 2.42 bits per heavy atom. The molecule has 26 heavy (non-hydrogen) atoms. The lowest BCUT2D eigenvalue weighted by molar-refractivity contribution is -0.149.